The third-order valence-corrected chi connectivity index (χ3v) is 4.14. The first-order valence-electron chi connectivity index (χ1n) is 7.18. The lowest BCUT2D eigenvalue weighted by atomic mass is 9.93. The van der Waals surface area contributed by atoms with Crippen LogP contribution in [0.2, 0.25) is 0 Å². The number of aromatic nitrogens is 1. The first-order valence-corrected chi connectivity index (χ1v) is 7.18. The van der Waals surface area contributed by atoms with Gasteiger partial charge in [-0.25, -0.2) is 4.79 Å². The summed E-state index contributed by atoms with van der Waals surface area (Å²) < 4.78 is 0. The molecule has 23 heavy (non-hydrogen) atoms. The van der Waals surface area contributed by atoms with Gasteiger partial charge in [-0.3, -0.25) is 9.78 Å². The number of amides is 1. The van der Waals surface area contributed by atoms with Crippen LogP contribution in [-0.2, 0) is 6.54 Å². The van der Waals surface area contributed by atoms with Gasteiger partial charge in [0.15, 0.2) is 0 Å². The molecule has 4 rings (SSSR count). The summed E-state index contributed by atoms with van der Waals surface area (Å²) in [6.45, 7) is 0.479. The van der Waals surface area contributed by atoms with Gasteiger partial charge in [0, 0.05) is 23.7 Å². The van der Waals surface area contributed by atoms with Crippen molar-refractivity contribution >= 4 is 22.8 Å². The van der Waals surface area contributed by atoms with Crippen LogP contribution >= 0.6 is 0 Å². The number of aromatic carboxylic acids is 1. The number of rotatable bonds is 2. The SMILES string of the molecule is O=C1NCc2c1cccc2-c1ccc(C(=O)O)c2ncccc12. The highest BCUT2D eigenvalue weighted by atomic mass is 16.4. The topological polar surface area (TPSA) is 79.3 Å². The second-order valence-corrected chi connectivity index (χ2v) is 5.38. The van der Waals surface area contributed by atoms with E-state index in [4.69, 9.17) is 0 Å². The fourth-order valence-corrected chi connectivity index (χ4v) is 3.09. The van der Waals surface area contributed by atoms with Crippen LogP contribution < -0.4 is 5.32 Å². The summed E-state index contributed by atoms with van der Waals surface area (Å²) in [7, 11) is 0. The molecular weight excluding hydrogens is 292 g/mol. The van der Waals surface area contributed by atoms with Gasteiger partial charge in [-0.2, -0.15) is 0 Å². The summed E-state index contributed by atoms with van der Waals surface area (Å²) in [5, 5.41) is 12.9. The Bertz CT molecular complexity index is 979. The largest absolute Gasteiger partial charge is 0.478 e. The molecule has 1 aromatic heterocycles. The van der Waals surface area contributed by atoms with Crippen molar-refractivity contribution in [3.05, 3.63) is 65.4 Å². The zero-order valence-corrected chi connectivity index (χ0v) is 12.0. The number of nitrogens with one attached hydrogen (secondary N) is 1. The first kappa shape index (κ1) is 13.5. The van der Waals surface area contributed by atoms with E-state index in [9.17, 15) is 14.7 Å². The summed E-state index contributed by atoms with van der Waals surface area (Å²) in [4.78, 5) is 27.5. The molecule has 2 N–H and O–H groups in total. The number of carbonyl (C=O) groups is 2. The van der Waals surface area contributed by atoms with Gasteiger partial charge < -0.3 is 10.4 Å². The van der Waals surface area contributed by atoms with Crippen LogP contribution in [0.5, 0.6) is 0 Å². The lowest BCUT2D eigenvalue weighted by Crippen LogP contribution is -2.12. The maximum absolute atomic E-state index is 11.9. The van der Waals surface area contributed by atoms with Crippen molar-refractivity contribution in [3.63, 3.8) is 0 Å². The van der Waals surface area contributed by atoms with Crippen LogP contribution in [0.15, 0.2) is 48.7 Å². The molecule has 5 heteroatoms. The molecule has 0 atom stereocenters. The van der Waals surface area contributed by atoms with Crippen molar-refractivity contribution in [1.29, 1.82) is 0 Å². The van der Waals surface area contributed by atoms with Crippen molar-refractivity contribution in [2.75, 3.05) is 0 Å². The Morgan fingerprint density at radius 3 is 2.70 bits per heavy atom. The van der Waals surface area contributed by atoms with Crippen LogP contribution in [-0.4, -0.2) is 22.0 Å². The predicted molar refractivity (Wildman–Crippen MR) is 85.3 cm³/mol. The van der Waals surface area contributed by atoms with E-state index in [0.717, 1.165) is 22.1 Å². The van der Waals surface area contributed by atoms with E-state index in [1.54, 1.807) is 30.5 Å². The van der Waals surface area contributed by atoms with Crippen molar-refractivity contribution < 1.29 is 14.7 Å². The van der Waals surface area contributed by atoms with Crippen molar-refractivity contribution in [2.24, 2.45) is 0 Å². The molecule has 2 heterocycles. The third kappa shape index (κ3) is 1.97. The molecule has 0 saturated heterocycles. The molecule has 0 spiro atoms. The minimum absolute atomic E-state index is 0.0774. The van der Waals surface area contributed by atoms with Crippen LogP contribution in [0.25, 0.3) is 22.0 Å². The van der Waals surface area contributed by atoms with Gasteiger partial charge in [-0.1, -0.05) is 24.3 Å². The highest BCUT2D eigenvalue weighted by molar-refractivity contribution is 6.08. The molecule has 1 aliphatic rings. The number of pyridine rings is 1. The van der Waals surface area contributed by atoms with Crippen molar-refractivity contribution in [1.82, 2.24) is 10.3 Å². The zero-order chi connectivity index (χ0) is 16.0. The van der Waals surface area contributed by atoms with Gasteiger partial charge in [-0.05, 0) is 34.9 Å². The van der Waals surface area contributed by atoms with Crippen molar-refractivity contribution in [3.8, 4) is 11.1 Å². The summed E-state index contributed by atoms with van der Waals surface area (Å²) in [5.41, 5.74) is 4.04. The minimum Gasteiger partial charge on any atom is -0.478 e. The van der Waals surface area contributed by atoms with E-state index >= 15 is 0 Å². The van der Waals surface area contributed by atoms with Gasteiger partial charge in [0.1, 0.15) is 0 Å². The molecule has 0 fully saturated rings. The molecule has 5 nitrogen and oxygen atoms in total. The van der Waals surface area contributed by atoms with Crippen LogP contribution in [0, 0.1) is 0 Å². The number of hydrogen-bond acceptors (Lipinski definition) is 3. The summed E-state index contributed by atoms with van der Waals surface area (Å²) >= 11 is 0. The number of carboxylic acid groups (broad SMARTS) is 1. The third-order valence-electron chi connectivity index (χ3n) is 4.14. The number of benzene rings is 2. The molecule has 0 bridgehead atoms. The molecule has 1 aliphatic heterocycles. The maximum Gasteiger partial charge on any atom is 0.337 e. The smallest absolute Gasteiger partial charge is 0.337 e. The minimum atomic E-state index is -1.00. The lowest BCUT2D eigenvalue weighted by Gasteiger charge is -2.11. The van der Waals surface area contributed by atoms with Gasteiger partial charge in [0.2, 0.25) is 0 Å². The molecule has 0 unspecified atom stereocenters. The quantitative estimate of drug-likeness (QED) is 0.763. The van der Waals surface area contributed by atoms with E-state index in [1.807, 2.05) is 18.2 Å². The van der Waals surface area contributed by atoms with Crippen molar-refractivity contribution in [2.45, 2.75) is 6.54 Å². The maximum atomic E-state index is 11.9. The fraction of sp³-hybridized carbons (Fsp3) is 0.0556. The average Bonchev–Trinajstić information content (AvgIpc) is 2.95. The van der Waals surface area contributed by atoms with Gasteiger partial charge >= 0.3 is 5.97 Å². The van der Waals surface area contributed by atoms with E-state index < -0.39 is 5.97 Å². The highest BCUT2D eigenvalue weighted by Crippen LogP contribution is 2.34. The van der Waals surface area contributed by atoms with E-state index in [2.05, 4.69) is 10.3 Å². The molecule has 2 aromatic carbocycles. The number of carboxylic acids is 1. The molecule has 0 aliphatic carbocycles. The van der Waals surface area contributed by atoms with E-state index in [-0.39, 0.29) is 11.5 Å². The van der Waals surface area contributed by atoms with Crippen LogP contribution in [0.3, 0.4) is 0 Å². The van der Waals surface area contributed by atoms with E-state index in [1.165, 1.54) is 0 Å². The zero-order valence-electron chi connectivity index (χ0n) is 12.0. The molecule has 112 valence electrons. The molecular formula is C18H12N2O3. The van der Waals surface area contributed by atoms with Gasteiger partial charge in [-0.15, -0.1) is 0 Å². The number of carbonyl (C=O) groups excluding carboxylic acids is 1. The summed E-state index contributed by atoms with van der Waals surface area (Å²) in [6.07, 6.45) is 1.58. The predicted octanol–water partition coefficient (Wildman–Crippen LogP) is 2.84. The number of nitrogens with zero attached hydrogens (tertiary/aromatic N) is 1. The molecule has 0 saturated carbocycles. The Kier molecular flexibility index (Phi) is 2.87. The Labute approximate surface area is 131 Å². The Morgan fingerprint density at radius 2 is 1.87 bits per heavy atom. The average molecular weight is 304 g/mol. The van der Waals surface area contributed by atoms with Gasteiger partial charge in [0.05, 0.1) is 11.1 Å². The Morgan fingerprint density at radius 1 is 1.04 bits per heavy atom. The molecule has 3 aromatic rings. The lowest BCUT2D eigenvalue weighted by molar-refractivity contribution is 0.0698. The van der Waals surface area contributed by atoms with Gasteiger partial charge in [0.25, 0.3) is 5.91 Å². The van der Waals surface area contributed by atoms with Crippen LogP contribution in [0.4, 0.5) is 0 Å². The molecule has 1 amide bonds. The fourth-order valence-electron chi connectivity index (χ4n) is 3.09. The van der Waals surface area contributed by atoms with E-state index in [0.29, 0.717) is 17.6 Å². The summed E-state index contributed by atoms with van der Waals surface area (Å²) in [6, 6.07) is 12.6. The Hall–Kier alpha value is -3.21. The molecule has 0 radical (unpaired) electrons. The standard InChI is InChI=1S/C18H12N2O3/c21-17-13-4-1-3-10(15(13)9-20-17)11-6-7-14(18(22)23)16-12(11)5-2-8-19-16/h1-8H,9H2,(H,20,21)(H,22,23). The first-order chi connectivity index (χ1) is 11.2. The summed E-state index contributed by atoms with van der Waals surface area (Å²) in [5.74, 6) is -1.08. The normalized spacial score (nSPS) is 13.0. The second-order valence-electron chi connectivity index (χ2n) is 5.38. The second kappa shape index (κ2) is 4.91. The monoisotopic (exact) mass is 304 g/mol. The highest BCUT2D eigenvalue weighted by Gasteiger charge is 2.23. The number of hydrogen-bond donors (Lipinski definition) is 2. The Balaban J connectivity index is 2.04. The number of fused-ring (bicyclic) bond motifs is 2. The van der Waals surface area contributed by atoms with Crippen LogP contribution in [0.1, 0.15) is 26.3 Å².